The quantitative estimate of drug-likeness (QED) is 0.760. The Bertz CT molecular complexity index is 387. The van der Waals surface area contributed by atoms with Gasteiger partial charge in [-0.25, -0.2) is 0 Å². The van der Waals surface area contributed by atoms with E-state index in [1.807, 2.05) is 0 Å². The van der Waals surface area contributed by atoms with Crippen molar-refractivity contribution in [3.8, 4) is 0 Å². The number of aliphatic hydroxyl groups is 1. The Hall–Kier alpha value is -0.870. The van der Waals surface area contributed by atoms with Crippen LogP contribution in [0.3, 0.4) is 0 Å². The number of nitrogens with zero attached hydrogens (tertiary/aromatic N) is 2. The summed E-state index contributed by atoms with van der Waals surface area (Å²) >= 11 is 0. The number of nitrogens with one attached hydrogen (secondary N) is 1. The lowest BCUT2D eigenvalue weighted by Crippen LogP contribution is -2.31. The van der Waals surface area contributed by atoms with Crippen LogP contribution in [0.1, 0.15) is 50.6 Å². The van der Waals surface area contributed by atoms with Crippen molar-refractivity contribution >= 4 is 0 Å². The Morgan fingerprint density at radius 3 is 2.58 bits per heavy atom. The molecule has 0 amide bonds. The maximum absolute atomic E-state index is 9.94. The van der Waals surface area contributed by atoms with E-state index in [2.05, 4.69) is 49.7 Å². The molecule has 19 heavy (non-hydrogen) atoms. The zero-order valence-corrected chi connectivity index (χ0v) is 13.0. The smallest absolute Gasteiger partial charge is 0.0690 e. The maximum Gasteiger partial charge on any atom is 0.0690 e. The van der Waals surface area contributed by atoms with Gasteiger partial charge in [-0.2, -0.15) is 5.10 Å². The lowest BCUT2D eigenvalue weighted by atomic mass is 10.0. The van der Waals surface area contributed by atoms with Crippen molar-refractivity contribution in [3.63, 3.8) is 0 Å². The van der Waals surface area contributed by atoms with Gasteiger partial charge in [0, 0.05) is 30.9 Å². The first-order valence-electron chi connectivity index (χ1n) is 7.42. The molecule has 2 N–H and O–H groups in total. The van der Waals surface area contributed by atoms with Crippen molar-refractivity contribution in [2.45, 2.75) is 66.7 Å². The van der Waals surface area contributed by atoms with Crippen molar-refractivity contribution in [2.75, 3.05) is 6.54 Å². The van der Waals surface area contributed by atoms with Crippen LogP contribution in [0.25, 0.3) is 0 Å². The minimum absolute atomic E-state index is 0.267. The summed E-state index contributed by atoms with van der Waals surface area (Å²) in [6, 6.07) is 0. The molecule has 0 radical (unpaired) electrons. The van der Waals surface area contributed by atoms with Crippen LogP contribution in [0, 0.1) is 19.8 Å². The molecule has 1 rings (SSSR count). The number of aryl methyl sites for hydroxylation is 2. The van der Waals surface area contributed by atoms with Gasteiger partial charge in [-0.1, -0.05) is 27.2 Å². The molecular formula is C15H29N3O. The molecule has 0 fully saturated rings. The summed E-state index contributed by atoms with van der Waals surface area (Å²) in [5.41, 5.74) is 3.60. The van der Waals surface area contributed by atoms with E-state index in [1.165, 1.54) is 11.3 Å². The van der Waals surface area contributed by atoms with Crippen LogP contribution in [0.4, 0.5) is 0 Å². The Kier molecular flexibility index (Phi) is 6.52. The van der Waals surface area contributed by atoms with Crippen LogP contribution >= 0.6 is 0 Å². The molecule has 0 saturated heterocycles. The van der Waals surface area contributed by atoms with Crippen molar-refractivity contribution in [3.05, 3.63) is 17.0 Å². The van der Waals surface area contributed by atoms with Crippen molar-refractivity contribution in [1.82, 2.24) is 15.1 Å². The van der Waals surface area contributed by atoms with Crippen LogP contribution in [0.5, 0.6) is 0 Å². The maximum atomic E-state index is 9.94. The molecule has 1 aromatic heterocycles. The SMILES string of the molecule is CCCn1nc(C)c(CNCC(O)C(C)CC)c1C. The molecule has 0 aliphatic carbocycles. The largest absolute Gasteiger partial charge is 0.392 e. The molecule has 1 heterocycles. The minimum atomic E-state index is -0.267. The fraction of sp³-hybridized carbons (Fsp3) is 0.800. The van der Waals surface area contributed by atoms with E-state index in [-0.39, 0.29) is 6.10 Å². The zero-order valence-electron chi connectivity index (χ0n) is 13.0. The summed E-state index contributed by atoms with van der Waals surface area (Å²) in [7, 11) is 0. The molecule has 0 spiro atoms. The predicted octanol–water partition coefficient (Wildman–Crippen LogP) is 2.41. The van der Waals surface area contributed by atoms with E-state index in [0.29, 0.717) is 12.5 Å². The lowest BCUT2D eigenvalue weighted by Gasteiger charge is -2.17. The van der Waals surface area contributed by atoms with Crippen molar-refractivity contribution in [1.29, 1.82) is 0 Å². The molecule has 2 atom stereocenters. The average Bonchev–Trinajstić information content (AvgIpc) is 2.65. The number of aliphatic hydroxyl groups excluding tert-OH is 1. The van der Waals surface area contributed by atoms with Gasteiger partial charge in [0.05, 0.1) is 11.8 Å². The highest BCUT2D eigenvalue weighted by Crippen LogP contribution is 2.13. The van der Waals surface area contributed by atoms with E-state index in [4.69, 9.17) is 0 Å². The highest BCUT2D eigenvalue weighted by molar-refractivity contribution is 5.24. The van der Waals surface area contributed by atoms with Gasteiger partial charge in [0.1, 0.15) is 0 Å². The number of hydrogen-bond donors (Lipinski definition) is 2. The molecule has 0 aliphatic heterocycles. The Morgan fingerprint density at radius 2 is 2.00 bits per heavy atom. The van der Waals surface area contributed by atoms with E-state index < -0.39 is 0 Å². The molecule has 0 bridgehead atoms. The molecule has 1 aromatic rings. The van der Waals surface area contributed by atoms with Gasteiger partial charge in [-0.3, -0.25) is 4.68 Å². The third-order valence-corrected chi connectivity index (χ3v) is 3.92. The highest BCUT2D eigenvalue weighted by Gasteiger charge is 2.14. The number of aromatic nitrogens is 2. The third kappa shape index (κ3) is 4.32. The van der Waals surface area contributed by atoms with Crippen molar-refractivity contribution < 1.29 is 5.11 Å². The summed E-state index contributed by atoms with van der Waals surface area (Å²) < 4.78 is 2.08. The first-order valence-corrected chi connectivity index (χ1v) is 7.42. The fourth-order valence-electron chi connectivity index (χ4n) is 2.24. The highest BCUT2D eigenvalue weighted by atomic mass is 16.3. The van der Waals surface area contributed by atoms with Gasteiger partial charge in [0.25, 0.3) is 0 Å². The molecule has 0 aliphatic rings. The van der Waals surface area contributed by atoms with Crippen LogP contribution in [0.15, 0.2) is 0 Å². The van der Waals surface area contributed by atoms with Gasteiger partial charge in [-0.05, 0) is 26.2 Å². The summed E-state index contributed by atoms with van der Waals surface area (Å²) in [5, 5.41) is 17.9. The molecule has 4 nitrogen and oxygen atoms in total. The molecule has 2 unspecified atom stereocenters. The molecule has 0 saturated carbocycles. The minimum Gasteiger partial charge on any atom is -0.392 e. The van der Waals surface area contributed by atoms with Gasteiger partial charge in [-0.15, -0.1) is 0 Å². The normalized spacial score (nSPS) is 14.6. The number of hydrogen-bond acceptors (Lipinski definition) is 3. The summed E-state index contributed by atoms with van der Waals surface area (Å²) in [4.78, 5) is 0. The van der Waals surface area contributed by atoms with Crippen LogP contribution in [0.2, 0.25) is 0 Å². The van der Waals surface area contributed by atoms with Gasteiger partial charge < -0.3 is 10.4 Å². The zero-order chi connectivity index (χ0) is 14.4. The number of rotatable bonds is 8. The molecule has 4 heteroatoms. The van der Waals surface area contributed by atoms with E-state index in [0.717, 1.165) is 31.6 Å². The van der Waals surface area contributed by atoms with Crippen LogP contribution in [-0.2, 0) is 13.1 Å². The first-order chi connectivity index (χ1) is 9.01. The van der Waals surface area contributed by atoms with Crippen LogP contribution < -0.4 is 5.32 Å². The summed E-state index contributed by atoms with van der Waals surface area (Å²) in [6.07, 6.45) is 1.84. The molecular weight excluding hydrogens is 238 g/mol. The predicted molar refractivity (Wildman–Crippen MR) is 79.2 cm³/mol. The summed E-state index contributed by atoms with van der Waals surface area (Å²) in [6.45, 7) is 12.9. The van der Waals surface area contributed by atoms with E-state index >= 15 is 0 Å². The Labute approximate surface area is 117 Å². The van der Waals surface area contributed by atoms with Gasteiger partial charge in [0.15, 0.2) is 0 Å². The second-order valence-corrected chi connectivity index (χ2v) is 5.46. The second-order valence-electron chi connectivity index (χ2n) is 5.46. The fourth-order valence-corrected chi connectivity index (χ4v) is 2.24. The Morgan fingerprint density at radius 1 is 1.32 bits per heavy atom. The second kappa shape index (κ2) is 7.65. The van der Waals surface area contributed by atoms with Crippen LogP contribution in [-0.4, -0.2) is 27.5 Å². The molecule has 110 valence electrons. The topological polar surface area (TPSA) is 50.1 Å². The van der Waals surface area contributed by atoms with Gasteiger partial charge >= 0.3 is 0 Å². The molecule has 0 aromatic carbocycles. The van der Waals surface area contributed by atoms with Gasteiger partial charge in [0.2, 0.25) is 0 Å². The standard InChI is InChI=1S/C15H29N3O/c1-6-8-18-13(5)14(12(4)17-18)9-16-10-15(19)11(3)7-2/h11,15-16,19H,6-10H2,1-5H3. The monoisotopic (exact) mass is 267 g/mol. The Balaban J connectivity index is 2.54. The van der Waals surface area contributed by atoms with E-state index in [1.54, 1.807) is 0 Å². The first kappa shape index (κ1) is 16.2. The van der Waals surface area contributed by atoms with Crippen molar-refractivity contribution in [2.24, 2.45) is 5.92 Å². The third-order valence-electron chi connectivity index (χ3n) is 3.92. The van der Waals surface area contributed by atoms with E-state index in [9.17, 15) is 5.11 Å². The summed E-state index contributed by atoms with van der Waals surface area (Å²) in [5.74, 6) is 0.345. The lowest BCUT2D eigenvalue weighted by molar-refractivity contribution is 0.112. The average molecular weight is 267 g/mol.